The van der Waals surface area contributed by atoms with Gasteiger partial charge in [0.15, 0.2) is 0 Å². The molecule has 8 heteroatoms. The highest BCUT2D eigenvalue weighted by atomic mass is 16.5. The van der Waals surface area contributed by atoms with Gasteiger partial charge in [-0.15, -0.1) is 0 Å². The van der Waals surface area contributed by atoms with Crippen LogP contribution in [0.15, 0.2) is 24.3 Å². The number of nitrogens with two attached hydrogens (primary N) is 1. The van der Waals surface area contributed by atoms with E-state index in [2.05, 4.69) is 6.92 Å². The van der Waals surface area contributed by atoms with E-state index < -0.39 is 42.5 Å². The van der Waals surface area contributed by atoms with E-state index in [0.29, 0.717) is 32.1 Å². The van der Waals surface area contributed by atoms with Crippen molar-refractivity contribution in [3.8, 4) is 0 Å². The molecule has 33 heavy (non-hydrogen) atoms. The minimum atomic E-state index is -1.32. The smallest absolute Gasteiger partial charge is 0.305 e. The van der Waals surface area contributed by atoms with Crippen molar-refractivity contribution in [3.63, 3.8) is 0 Å². The van der Waals surface area contributed by atoms with E-state index in [4.69, 9.17) is 20.7 Å². The number of esters is 1. The predicted molar refractivity (Wildman–Crippen MR) is 127 cm³/mol. The van der Waals surface area contributed by atoms with Crippen LogP contribution in [0.2, 0.25) is 0 Å². The zero-order chi connectivity index (χ0) is 24.9. The molecule has 5 atom stereocenters. The molecule has 192 valence electrons. The van der Waals surface area contributed by atoms with E-state index in [9.17, 15) is 20.1 Å². The van der Waals surface area contributed by atoms with Crippen molar-refractivity contribution in [1.29, 1.82) is 0 Å². The summed E-state index contributed by atoms with van der Waals surface area (Å²) < 4.78 is 5.00. The number of carbonyl (C=O) groups excluding carboxylic acids is 1. The zero-order valence-corrected chi connectivity index (χ0v) is 20.2. The lowest BCUT2D eigenvalue weighted by Crippen LogP contribution is -2.51. The molecule has 8 nitrogen and oxygen atoms in total. The van der Waals surface area contributed by atoms with Gasteiger partial charge in [0.05, 0.1) is 36.6 Å². The molecule has 0 saturated heterocycles. The summed E-state index contributed by atoms with van der Waals surface area (Å²) in [7, 11) is 0. The first-order chi connectivity index (χ1) is 15.6. The van der Waals surface area contributed by atoms with E-state index in [-0.39, 0.29) is 24.9 Å². The fourth-order valence-electron chi connectivity index (χ4n) is 4.01. The number of hydrogen-bond donors (Lipinski definition) is 6. The molecule has 1 saturated carbocycles. The Labute approximate surface area is 198 Å². The summed E-state index contributed by atoms with van der Waals surface area (Å²) in [5.41, 5.74) is 3.41. The van der Waals surface area contributed by atoms with Gasteiger partial charge >= 0.3 is 5.97 Å². The van der Waals surface area contributed by atoms with Crippen LogP contribution in [0.5, 0.6) is 0 Å². The molecule has 0 aromatic rings. The molecule has 1 aliphatic carbocycles. The predicted octanol–water partition coefficient (Wildman–Crippen LogP) is 1.57. The van der Waals surface area contributed by atoms with Gasteiger partial charge < -0.3 is 36.0 Å². The second-order valence-corrected chi connectivity index (χ2v) is 9.72. The van der Waals surface area contributed by atoms with Crippen molar-refractivity contribution >= 4 is 5.97 Å². The number of aliphatic hydroxyl groups excluding tert-OH is 4. The number of rotatable bonds is 16. The molecule has 0 radical (unpaired) electrons. The van der Waals surface area contributed by atoms with Crippen LogP contribution in [0.1, 0.15) is 71.6 Å². The van der Waals surface area contributed by atoms with Crippen LogP contribution < -0.4 is 5.73 Å². The minimum Gasteiger partial charge on any atom is -0.464 e. The number of ether oxygens (including phenoxy) is 1. The maximum Gasteiger partial charge on any atom is 0.305 e. The molecular weight excluding hydrogens is 426 g/mol. The van der Waals surface area contributed by atoms with Crippen molar-refractivity contribution in [2.75, 3.05) is 19.8 Å². The molecular formula is C25H45NO7. The van der Waals surface area contributed by atoms with E-state index in [1.165, 1.54) is 0 Å². The van der Waals surface area contributed by atoms with Crippen LogP contribution in [0.25, 0.3) is 0 Å². The third kappa shape index (κ3) is 11.1. The Morgan fingerprint density at radius 2 is 1.82 bits per heavy atom. The maximum absolute atomic E-state index is 11.8. The number of carbonyl (C=O) groups is 1. The van der Waals surface area contributed by atoms with Crippen molar-refractivity contribution in [3.05, 3.63) is 24.3 Å². The van der Waals surface area contributed by atoms with Crippen LogP contribution in [0.3, 0.4) is 0 Å². The molecule has 0 aliphatic heterocycles. The summed E-state index contributed by atoms with van der Waals surface area (Å²) in [5, 5.41) is 49.5. The first-order valence-corrected chi connectivity index (χ1v) is 12.2. The van der Waals surface area contributed by atoms with Gasteiger partial charge in [-0.1, -0.05) is 50.5 Å². The SMILES string of the molecule is CCCCCC(C)(O)C=CC1C(O)CC(O)C1CC=CCCCC(=O)OCC(N)(CO)CO. The fraction of sp³-hybridized carbons (Fsp3) is 0.800. The van der Waals surface area contributed by atoms with Crippen LogP contribution in [-0.4, -0.2) is 74.7 Å². The third-order valence-corrected chi connectivity index (χ3v) is 6.36. The van der Waals surface area contributed by atoms with Crippen LogP contribution in [0, 0.1) is 11.8 Å². The zero-order valence-electron chi connectivity index (χ0n) is 20.2. The van der Waals surface area contributed by atoms with E-state index >= 15 is 0 Å². The topological polar surface area (TPSA) is 153 Å². The summed E-state index contributed by atoms with van der Waals surface area (Å²) >= 11 is 0. The van der Waals surface area contributed by atoms with Crippen molar-refractivity contribution in [2.45, 2.75) is 95.0 Å². The van der Waals surface area contributed by atoms with Crippen LogP contribution in [-0.2, 0) is 9.53 Å². The third-order valence-electron chi connectivity index (χ3n) is 6.36. The lowest BCUT2D eigenvalue weighted by atomic mass is 9.88. The van der Waals surface area contributed by atoms with E-state index in [1.54, 1.807) is 13.0 Å². The Kier molecular flexibility index (Phi) is 13.4. The van der Waals surface area contributed by atoms with Crippen molar-refractivity contribution < 1.29 is 35.1 Å². The average molecular weight is 472 g/mol. The van der Waals surface area contributed by atoms with Gasteiger partial charge in [0, 0.05) is 18.8 Å². The summed E-state index contributed by atoms with van der Waals surface area (Å²) in [6.45, 7) is 2.70. The molecule has 0 aromatic heterocycles. The van der Waals surface area contributed by atoms with Gasteiger partial charge in [0.1, 0.15) is 6.61 Å². The first kappa shape index (κ1) is 29.7. The molecule has 1 fully saturated rings. The summed E-state index contributed by atoms with van der Waals surface area (Å²) in [5.74, 6) is -0.781. The second-order valence-electron chi connectivity index (χ2n) is 9.72. The maximum atomic E-state index is 11.8. The number of allylic oxidation sites excluding steroid dienone is 2. The summed E-state index contributed by atoms with van der Waals surface area (Å²) in [4.78, 5) is 11.8. The lowest BCUT2D eigenvalue weighted by Gasteiger charge is -2.23. The Balaban J connectivity index is 2.44. The number of aliphatic hydroxyl groups is 5. The number of hydrogen-bond acceptors (Lipinski definition) is 8. The molecule has 0 aromatic carbocycles. The Hall–Kier alpha value is -1.29. The van der Waals surface area contributed by atoms with Crippen molar-refractivity contribution in [2.24, 2.45) is 17.6 Å². The minimum absolute atomic E-state index is 0.126. The fourth-order valence-corrected chi connectivity index (χ4v) is 4.01. The van der Waals surface area contributed by atoms with Crippen LogP contribution in [0.4, 0.5) is 0 Å². The molecule has 5 unspecified atom stereocenters. The molecule has 0 bridgehead atoms. The Bertz CT molecular complexity index is 616. The lowest BCUT2D eigenvalue weighted by molar-refractivity contribution is -0.146. The van der Waals surface area contributed by atoms with Gasteiger partial charge in [-0.3, -0.25) is 4.79 Å². The molecule has 1 aliphatic rings. The molecule has 0 amide bonds. The van der Waals surface area contributed by atoms with Crippen molar-refractivity contribution in [1.82, 2.24) is 0 Å². The average Bonchev–Trinajstić information content (AvgIpc) is 3.05. The summed E-state index contributed by atoms with van der Waals surface area (Å²) in [6, 6.07) is 0. The highest BCUT2D eigenvalue weighted by Crippen LogP contribution is 2.37. The van der Waals surface area contributed by atoms with Gasteiger partial charge in [0.2, 0.25) is 0 Å². The molecule has 0 heterocycles. The number of unbranched alkanes of at least 4 members (excludes halogenated alkanes) is 3. The summed E-state index contributed by atoms with van der Waals surface area (Å²) in [6.07, 6.45) is 12.4. The largest absolute Gasteiger partial charge is 0.464 e. The molecule has 1 rings (SSSR count). The highest BCUT2D eigenvalue weighted by molar-refractivity contribution is 5.69. The normalized spacial score (nSPS) is 25.7. The molecule has 0 spiro atoms. The first-order valence-electron chi connectivity index (χ1n) is 12.2. The van der Waals surface area contributed by atoms with Crippen LogP contribution >= 0.6 is 0 Å². The van der Waals surface area contributed by atoms with Gasteiger partial charge in [-0.2, -0.15) is 0 Å². The van der Waals surface area contributed by atoms with Gasteiger partial charge in [0.25, 0.3) is 0 Å². The highest BCUT2D eigenvalue weighted by Gasteiger charge is 2.39. The van der Waals surface area contributed by atoms with E-state index in [0.717, 1.165) is 19.3 Å². The van der Waals surface area contributed by atoms with Gasteiger partial charge in [-0.05, 0) is 38.5 Å². The van der Waals surface area contributed by atoms with E-state index in [1.807, 2.05) is 18.2 Å². The quantitative estimate of drug-likeness (QED) is 0.113. The Morgan fingerprint density at radius 1 is 1.12 bits per heavy atom. The standard InChI is InChI=1S/C25H45NO7/c1-3-4-9-13-24(2,32)14-12-20-19(21(29)15-22(20)30)10-7-5-6-8-11-23(31)33-18-25(26,16-27)17-28/h5,7,12,14,19-22,27-30,32H,3-4,6,8-11,13,15-18,26H2,1-2H3. The monoisotopic (exact) mass is 471 g/mol. The Morgan fingerprint density at radius 3 is 2.45 bits per heavy atom. The van der Waals surface area contributed by atoms with Gasteiger partial charge in [-0.25, -0.2) is 0 Å². The second kappa shape index (κ2) is 14.9. The molecule has 7 N–H and O–H groups in total.